The number of alkyl halides is 1. The molecule has 0 aliphatic carbocycles. The van der Waals surface area contributed by atoms with Gasteiger partial charge in [-0.3, -0.25) is 0 Å². The van der Waals surface area contributed by atoms with Crippen molar-refractivity contribution in [3.63, 3.8) is 0 Å². The Bertz CT molecular complexity index is 133. The van der Waals surface area contributed by atoms with Crippen molar-refractivity contribution >= 4 is 15.9 Å². The van der Waals surface area contributed by atoms with Gasteiger partial charge in [-0.15, -0.1) is 0 Å². The molecule has 0 saturated carbocycles. The predicted octanol–water partition coefficient (Wildman–Crippen LogP) is 2.27. The summed E-state index contributed by atoms with van der Waals surface area (Å²) in [7, 11) is 0. The average Bonchev–Trinajstić information content (AvgIpc) is 2.08. The summed E-state index contributed by atoms with van der Waals surface area (Å²) >= 11 is 3.65. The van der Waals surface area contributed by atoms with Crippen LogP contribution in [-0.4, -0.2) is 42.1 Å². The number of piperidine rings is 1. The van der Waals surface area contributed by atoms with E-state index in [4.69, 9.17) is 4.74 Å². The minimum Gasteiger partial charge on any atom is -0.377 e. The number of halogens is 1. The van der Waals surface area contributed by atoms with Gasteiger partial charge in [0.15, 0.2) is 0 Å². The lowest BCUT2D eigenvalue weighted by atomic mass is 10.1. The molecule has 0 spiro atoms. The fourth-order valence-electron chi connectivity index (χ4n) is 1.54. The van der Waals surface area contributed by atoms with Crippen LogP contribution in [0.4, 0.5) is 0 Å². The first-order chi connectivity index (χ1) is 6.18. The fraction of sp³-hybridized carbons (Fsp3) is 1.00. The maximum atomic E-state index is 5.52. The lowest BCUT2D eigenvalue weighted by Crippen LogP contribution is -2.36. The highest BCUT2D eigenvalue weighted by molar-refractivity contribution is 9.09. The lowest BCUT2D eigenvalue weighted by molar-refractivity contribution is 0.0555. The summed E-state index contributed by atoms with van der Waals surface area (Å²) in [4.78, 5) is 3.23. The summed E-state index contributed by atoms with van der Waals surface area (Å²) in [6.07, 6.45) is 2.93. The van der Waals surface area contributed by atoms with Gasteiger partial charge in [0.25, 0.3) is 0 Å². The third-order valence-electron chi connectivity index (χ3n) is 2.38. The highest BCUT2D eigenvalue weighted by Crippen LogP contribution is 2.16. The molecule has 78 valence electrons. The molecule has 0 amide bonds. The molecule has 0 unspecified atom stereocenters. The molecule has 0 aromatic heterocycles. The minimum absolute atomic E-state index is 0.369. The van der Waals surface area contributed by atoms with Crippen molar-refractivity contribution in [3.8, 4) is 0 Å². The Labute approximate surface area is 89.8 Å². The maximum absolute atomic E-state index is 5.52. The minimum atomic E-state index is 0.369. The van der Waals surface area contributed by atoms with Crippen LogP contribution in [-0.2, 0) is 4.74 Å². The quantitative estimate of drug-likeness (QED) is 0.710. The standard InChI is InChI=1S/C10H20BrNO/c1-9(2)13-8-7-12-5-3-10(11)4-6-12/h9-10H,3-8H2,1-2H3. The maximum Gasteiger partial charge on any atom is 0.0596 e. The average molecular weight is 250 g/mol. The van der Waals surface area contributed by atoms with E-state index in [9.17, 15) is 0 Å². The van der Waals surface area contributed by atoms with E-state index in [1.165, 1.54) is 25.9 Å². The van der Waals surface area contributed by atoms with Crippen LogP contribution >= 0.6 is 15.9 Å². The van der Waals surface area contributed by atoms with E-state index >= 15 is 0 Å². The largest absolute Gasteiger partial charge is 0.377 e. The number of rotatable bonds is 4. The summed E-state index contributed by atoms with van der Waals surface area (Å²) in [5.74, 6) is 0. The van der Waals surface area contributed by atoms with Gasteiger partial charge in [-0.05, 0) is 39.8 Å². The van der Waals surface area contributed by atoms with Gasteiger partial charge in [-0.1, -0.05) is 15.9 Å². The highest BCUT2D eigenvalue weighted by atomic mass is 79.9. The molecule has 1 fully saturated rings. The summed E-state index contributed by atoms with van der Waals surface area (Å²) in [5, 5.41) is 0. The van der Waals surface area contributed by atoms with E-state index in [1.54, 1.807) is 0 Å². The molecule has 2 nitrogen and oxygen atoms in total. The summed E-state index contributed by atoms with van der Waals surface area (Å²) < 4.78 is 5.52. The zero-order chi connectivity index (χ0) is 9.68. The molecule has 1 aliphatic rings. The van der Waals surface area contributed by atoms with Crippen molar-refractivity contribution in [1.82, 2.24) is 4.90 Å². The number of ether oxygens (including phenoxy) is 1. The smallest absolute Gasteiger partial charge is 0.0596 e. The van der Waals surface area contributed by atoms with Gasteiger partial charge in [0.05, 0.1) is 12.7 Å². The van der Waals surface area contributed by atoms with Gasteiger partial charge in [-0.2, -0.15) is 0 Å². The first-order valence-corrected chi connectivity index (χ1v) is 6.08. The third kappa shape index (κ3) is 4.99. The van der Waals surface area contributed by atoms with Crippen molar-refractivity contribution in [3.05, 3.63) is 0 Å². The van der Waals surface area contributed by atoms with Crippen molar-refractivity contribution in [2.24, 2.45) is 0 Å². The van der Waals surface area contributed by atoms with Gasteiger partial charge in [0.2, 0.25) is 0 Å². The second kappa shape index (κ2) is 5.99. The SMILES string of the molecule is CC(C)OCCN1CCC(Br)CC1. The van der Waals surface area contributed by atoms with Gasteiger partial charge in [-0.25, -0.2) is 0 Å². The van der Waals surface area contributed by atoms with Crippen LogP contribution in [0.5, 0.6) is 0 Å². The van der Waals surface area contributed by atoms with Crippen molar-refractivity contribution in [1.29, 1.82) is 0 Å². The van der Waals surface area contributed by atoms with Gasteiger partial charge in [0.1, 0.15) is 0 Å². The second-order valence-electron chi connectivity index (χ2n) is 3.94. The number of hydrogen-bond acceptors (Lipinski definition) is 2. The molecule has 13 heavy (non-hydrogen) atoms. The van der Waals surface area contributed by atoms with Crippen LogP contribution in [0.3, 0.4) is 0 Å². The topological polar surface area (TPSA) is 12.5 Å². The second-order valence-corrected chi connectivity index (χ2v) is 5.23. The van der Waals surface area contributed by atoms with Crippen molar-refractivity contribution < 1.29 is 4.74 Å². The van der Waals surface area contributed by atoms with Crippen molar-refractivity contribution in [2.75, 3.05) is 26.2 Å². The molecule has 1 aliphatic heterocycles. The van der Waals surface area contributed by atoms with Gasteiger partial charge in [0, 0.05) is 11.4 Å². The van der Waals surface area contributed by atoms with Crippen LogP contribution in [0.1, 0.15) is 26.7 Å². The molecule has 0 radical (unpaired) electrons. The Balaban J connectivity index is 2.02. The molecular formula is C10H20BrNO. The predicted molar refractivity (Wildman–Crippen MR) is 59.5 cm³/mol. The summed E-state index contributed by atoms with van der Waals surface area (Å²) in [6.45, 7) is 8.59. The Hall–Kier alpha value is 0.400. The van der Waals surface area contributed by atoms with E-state index in [1.807, 2.05) is 0 Å². The Morgan fingerprint density at radius 3 is 2.54 bits per heavy atom. The number of likely N-dealkylation sites (tertiary alicyclic amines) is 1. The Morgan fingerprint density at radius 2 is 2.00 bits per heavy atom. The molecule has 1 saturated heterocycles. The molecule has 1 heterocycles. The van der Waals surface area contributed by atoms with E-state index in [0.717, 1.165) is 18.0 Å². The molecule has 3 heteroatoms. The first kappa shape index (κ1) is 11.5. The van der Waals surface area contributed by atoms with E-state index in [0.29, 0.717) is 6.10 Å². The zero-order valence-electron chi connectivity index (χ0n) is 8.63. The summed E-state index contributed by atoms with van der Waals surface area (Å²) in [6, 6.07) is 0. The molecule has 0 aromatic rings. The molecular weight excluding hydrogens is 230 g/mol. The van der Waals surface area contributed by atoms with Gasteiger partial charge < -0.3 is 9.64 Å². The van der Waals surface area contributed by atoms with Crippen LogP contribution in [0.2, 0.25) is 0 Å². The monoisotopic (exact) mass is 249 g/mol. The zero-order valence-corrected chi connectivity index (χ0v) is 10.2. The van der Waals surface area contributed by atoms with Crippen LogP contribution < -0.4 is 0 Å². The number of nitrogens with zero attached hydrogens (tertiary/aromatic N) is 1. The Morgan fingerprint density at radius 1 is 1.38 bits per heavy atom. The normalized spacial score (nSPS) is 21.2. The van der Waals surface area contributed by atoms with Gasteiger partial charge >= 0.3 is 0 Å². The van der Waals surface area contributed by atoms with E-state index in [2.05, 4.69) is 34.7 Å². The van der Waals surface area contributed by atoms with Crippen molar-refractivity contribution in [2.45, 2.75) is 37.6 Å². The Kier molecular flexibility index (Phi) is 5.29. The van der Waals surface area contributed by atoms with Crippen LogP contribution in [0.15, 0.2) is 0 Å². The van der Waals surface area contributed by atoms with Crippen LogP contribution in [0, 0.1) is 0 Å². The van der Waals surface area contributed by atoms with E-state index < -0.39 is 0 Å². The van der Waals surface area contributed by atoms with Crippen LogP contribution in [0.25, 0.3) is 0 Å². The molecule has 0 atom stereocenters. The third-order valence-corrected chi connectivity index (χ3v) is 3.29. The molecule has 1 rings (SSSR count). The lowest BCUT2D eigenvalue weighted by Gasteiger charge is -2.29. The van der Waals surface area contributed by atoms with E-state index in [-0.39, 0.29) is 0 Å². The number of hydrogen-bond donors (Lipinski definition) is 0. The molecule has 0 N–H and O–H groups in total. The fourth-order valence-corrected chi connectivity index (χ4v) is 1.95. The highest BCUT2D eigenvalue weighted by Gasteiger charge is 2.15. The molecule has 0 bridgehead atoms. The summed E-state index contributed by atoms with van der Waals surface area (Å²) in [5.41, 5.74) is 0. The molecule has 0 aromatic carbocycles. The first-order valence-electron chi connectivity index (χ1n) is 5.16.